The molecule has 1 atom stereocenters. The molecule has 1 unspecified atom stereocenters. The number of thioether (sulfide) groups is 1. The van der Waals surface area contributed by atoms with Crippen LogP contribution in [0, 0.1) is 0 Å². The Kier molecular flexibility index (Phi) is 6.42. The highest BCUT2D eigenvalue weighted by Gasteiger charge is 2.19. The highest BCUT2D eigenvalue weighted by Crippen LogP contribution is 2.31. The molecule has 2 aromatic rings. The van der Waals surface area contributed by atoms with Gasteiger partial charge in [-0.05, 0) is 43.9 Å². The highest BCUT2D eigenvalue weighted by molar-refractivity contribution is 7.99. The number of hydrogen-bond donors (Lipinski definition) is 2. The summed E-state index contributed by atoms with van der Waals surface area (Å²) in [6.45, 7) is 0.424. The molecule has 0 spiro atoms. The summed E-state index contributed by atoms with van der Waals surface area (Å²) in [5.41, 5.74) is 2.19. The molecule has 5 nitrogen and oxygen atoms in total. The van der Waals surface area contributed by atoms with Gasteiger partial charge in [0.2, 0.25) is 5.91 Å². The Labute approximate surface area is 168 Å². The van der Waals surface area contributed by atoms with E-state index in [-0.39, 0.29) is 17.9 Å². The third kappa shape index (κ3) is 4.83. The zero-order chi connectivity index (χ0) is 19.4. The van der Waals surface area contributed by atoms with Crippen LogP contribution in [0.3, 0.4) is 0 Å². The van der Waals surface area contributed by atoms with Crippen molar-refractivity contribution >= 4 is 40.9 Å². The molecule has 1 aliphatic heterocycles. The zero-order valence-electron chi connectivity index (χ0n) is 15.3. The quantitative estimate of drug-likeness (QED) is 0.797. The van der Waals surface area contributed by atoms with Gasteiger partial charge in [0.15, 0.2) is 0 Å². The van der Waals surface area contributed by atoms with E-state index in [1.165, 1.54) is 0 Å². The first kappa shape index (κ1) is 19.7. The molecule has 142 valence electrons. The Morgan fingerprint density at radius 2 is 2.07 bits per heavy atom. The topological polar surface area (TPSA) is 61.4 Å². The van der Waals surface area contributed by atoms with Crippen LogP contribution >= 0.6 is 23.4 Å². The van der Waals surface area contributed by atoms with Crippen LogP contribution in [0.4, 0.5) is 5.69 Å². The van der Waals surface area contributed by atoms with Crippen LogP contribution < -0.4 is 10.6 Å². The molecule has 3 rings (SSSR count). The second kappa shape index (κ2) is 8.78. The van der Waals surface area contributed by atoms with Gasteiger partial charge in [-0.25, -0.2) is 0 Å². The van der Waals surface area contributed by atoms with Gasteiger partial charge in [0.05, 0.1) is 11.7 Å². The van der Waals surface area contributed by atoms with Crippen LogP contribution in [-0.2, 0) is 4.79 Å². The van der Waals surface area contributed by atoms with E-state index in [2.05, 4.69) is 10.6 Å². The number of benzene rings is 2. The number of carbonyl (C=O) groups excluding carboxylic acids is 2. The maximum absolute atomic E-state index is 12.7. The van der Waals surface area contributed by atoms with Crippen LogP contribution in [0.5, 0.6) is 0 Å². The zero-order valence-corrected chi connectivity index (χ0v) is 16.9. The fourth-order valence-electron chi connectivity index (χ4n) is 2.97. The average Bonchev–Trinajstić information content (AvgIpc) is 2.82. The minimum atomic E-state index is -0.180. The van der Waals surface area contributed by atoms with E-state index in [0.29, 0.717) is 29.2 Å². The third-order valence-electron chi connectivity index (χ3n) is 4.45. The van der Waals surface area contributed by atoms with Gasteiger partial charge in [0.1, 0.15) is 0 Å². The number of nitrogens with zero attached hydrogens (tertiary/aromatic N) is 1. The van der Waals surface area contributed by atoms with Crippen LogP contribution in [0.25, 0.3) is 0 Å². The highest BCUT2D eigenvalue weighted by atomic mass is 35.5. The van der Waals surface area contributed by atoms with Crippen molar-refractivity contribution < 1.29 is 9.59 Å². The maximum Gasteiger partial charge on any atom is 0.251 e. The van der Waals surface area contributed by atoms with Gasteiger partial charge >= 0.3 is 0 Å². The summed E-state index contributed by atoms with van der Waals surface area (Å²) in [5.74, 6) is 0.539. The van der Waals surface area contributed by atoms with E-state index < -0.39 is 0 Å². The molecule has 1 aliphatic rings. The molecule has 7 heteroatoms. The first-order valence-corrected chi connectivity index (χ1v) is 10.1. The normalized spacial score (nSPS) is 14.9. The molecule has 27 heavy (non-hydrogen) atoms. The van der Waals surface area contributed by atoms with Gasteiger partial charge in [0, 0.05) is 34.2 Å². The van der Waals surface area contributed by atoms with Gasteiger partial charge < -0.3 is 15.5 Å². The average molecular weight is 404 g/mol. The van der Waals surface area contributed by atoms with Crippen molar-refractivity contribution in [3.63, 3.8) is 0 Å². The summed E-state index contributed by atoms with van der Waals surface area (Å²) in [6, 6.07) is 13.0. The summed E-state index contributed by atoms with van der Waals surface area (Å²) in [5, 5.41) is 6.53. The lowest BCUT2D eigenvalue weighted by Gasteiger charge is -2.26. The summed E-state index contributed by atoms with van der Waals surface area (Å²) in [6.07, 6.45) is 0.475. The molecular formula is C20H22ClN3O2S. The summed E-state index contributed by atoms with van der Waals surface area (Å²) in [4.78, 5) is 27.4. The maximum atomic E-state index is 12.7. The number of likely N-dealkylation sites (N-methyl/N-ethyl adjacent to an activating group) is 1. The first-order chi connectivity index (χ1) is 13.0. The third-order valence-corrected chi connectivity index (χ3v) is 5.87. The Hall–Kier alpha value is -2.02. The molecule has 0 aliphatic carbocycles. The minimum absolute atomic E-state index is 0.0230. The van der Waals surface area contributed by atoms with Crippen molar-refractivity contribution in [2.24, 2.45) is 0 Å². The van der Waals surface area contributed by atoms with E-state index >= 15 is 0 Å². The molecule has 2 aromatic carbocycles. The predicted octanol–water partition coefficient (Wildman–Crippen LogP) is 3.81. The monoisotopic (exact) mass is 403 g/mol. The number of amides is 2. The Morgan fingerprint density at radius 1 is 1.30 bits per heavy atom. The van der Waals surface area contributed by atoms with Crippen molar-refractivity contribution in [1.82, 2.24) is 10.2 Å². The molecular weight excluding hydrogens is 382 g/mol. The largest absolute Gasteiger partial charge is 0.350 e. The summed E-state index contributed by atoms with van der Waals surface area (Å²) in [7, 11) is 3.91. The van der Waals surface area contributed by atoms with Crippen LogP contribution in [0.1, 0.15) is 28.4 Å². The Balaban J connectivity index is 1.73. The second-order valence-electron chi connectivity index (χ2n) is 6.57. The number of fused-ring (bicyclic) bond motifs is 1. The number of carbonyl (C=O) groups is 2. The van der Waals surface area contributed by atoms with Crippen molar-refractivity contribution in [3.05, 3.63) is 58.6 Å². The number of nitrogens with one attached hydrogen (secondary N) is 2. The van der Waals surface area contributed by atoms with Gasteiger partial charge in [-0.2, -0.15) is 0 Å². The van der Waals surface area contributed by atoms with Gasteiger partial charge in [-0.1, -0.05) is 29.8 Å². The molecule has 1 heterocycles. The molecule has 2 amide bonds. The molecule has 0 fully saturated rings. The van der Waals surface area contributed by atoms with Gasteiger partial charge in [0.25, 0.3) is 5.91 Å². The molecule has 0 saturated heterocycles. The predicted molar refractivity (Wildman–Crippen MR) is 111 cm³/mol. The van der Waals surface area contributed by atoms with E-state index in [9.17, 15) is 9.59 Å². The smallest absolute Gasteiger partial charge is 0.251 e. The minimum Gasteiger partial charge on any atom is -0.350 e. The van der Waals surface area contributed by atoms with E-state index in [1.54, 1.807) is 23.9 Å². The Bertz CT molecular complexity index is 857. The van der Waals surface area contributed by atoms with Crippen LogP contribution in [0.15, 0.2) is 47.4 Å². The van der Waals surface area contributed by atoms with Crippen LogP contribution in [-0.4, -0.2) is 43.1 Å². The molecule has 0 saturated carbocycles. The lowest BCUT2D eigenvalue weighted by Crippen LogP contribution is -2.34. The van der Waals surface area contributed by atoms with Crippen molar-refractivity contribution in [2.75, 3.05) is 31.7 Å². The summed E-state index contributed by atoms with van der Waals surface area (Å²) >= 11 is 7.94. The van der Waals surface area contributed by atoms with E-state index in [0.717, 1.165) is 16.2 Å². The number of halogens is 1. The number of hydrogen-bond acceptors (Lipinski definition) is 4. The standard InChI is InChI=1S/C20H22ClN3O2S/c1-24(2)17(14-5-3-4-6-15(14)21)12-22-20(26)13-7-8-18-16(11-13)23-19(25)9-10-27-18/h3-8,11,17H,9-10,12H2,1-2H3,(H,22,26)(H,23,25). The van der Waals surface area contributed by atoms with Crippen molar-refractivity contribution in [3.8, 4) is 0 Å². The van der Waals surface area contributed by atoms with Crippen molar-refractivity contribution in [1.29, 1.82) is 0 Å². The molecule has 0 bridgehead atoms. The van der Waals surface area contributed by atoms with E-state index in [4.69, 9.17) is 11.6 Å². The van der Waals surface area contributed by atoms with Gasteiger partial charge in [-0.15, -0.1) is 11.8 Å². The van der Waals surface area contributed by atoms with Crippen molar-refractivity contribution in [2.45, 2.75) is 17.4 Å². The first-order valence-electron chi connectivity index (χ1n) is 8.71. The molecule has 0 aromatic heterocycles. The number of anilines is 1. The lowest BCUT2D eigenvalue weighted by molar-refractivity contribution is -0.115. The summed E-state index contributed by atoms with van der Waals surface area (Å²) < 4.78 is 0. The lowest BCUT2D eigenvalue weighted by atomic mass is 10.1. The fraction of sp³-hybridized carbons (Fsp3) is 0.300. The SMILES string of the molecule is CN(C)C(CNC(=O)c1ccc2c(c1)NC(=O)CCS2)c1ccccc1Cl. The van der Waals surface area contributed by atoms with E-state index in [1.807, 2.05) is 49.3 Å². The fourth-order valence-corrected chi connectivity index (χ4v) is 4.17. The second-order valence-corrected chi connectivity index (χ2v) is 8.11. The van der Waals surface area contributed by atoms with Crippen LogP contribution in [0.2, 0.25) is 5.02 Å². The molecule has 0 radical (unpaired) electrons. The number of rotatable bonds is 5. The Morgan fingerprint density at radius 3 is 2.81 bits per heavy atom. The molecule has 2 N–H and O–H groups in total. The van der Waals surface area contributed by atoms with Gasteiger partial charge in [-0.3, -0.25) is 9.59 Å².